The Morgan fingerprint density at radius 2 is 1.18 bits per heavy atom. The van der Waals surface area contributed by atoms with E-state index < -0.39 is 0 Å². The molecular weight excluding hydrogens is 210 g/mol. The Morgan fingerprint density at radius 1 is 0.588 bits per heavy atom. The predicted octanol–water partition coefficient (Wildman–Crippen LogP) is 1.55. The van der Waals surface area contributed by atoms with Gasteiger partial charge in [-0.1, -0.05) is 19.3 Å². The lowest BCUT2D eigenvalue weighted by atomic mass is 10.1. The van der Waals surface area contributed by atoms with Gasteiger partial charge < -0.3 is 15.1 Å². The van der Waals surface area contributed by atoms with Crippen molar-refractivity contribution in [1.29, 1.82) is 0 Å². The molecule has 2 heterocycles. The average molecular weight is 239 g/mol. The lowest BCUT2D eigenvalue weighted by Gasteiger charge is -2.28. The van der Waals surface area contributed by atoms with Gasteiger partial charge in [0.2, 0.25) is 0 Å². The first-order chi connectivity index (χ1) is 8.45. The summed E-state index contributed by atoms with van der Waals surface area (Å²) in [4.78, 5) is 5.33. The highest BCUT2D eigenvalue weighted by molar-refractivity contribution is 4.69. The second-order valence-electron chi connectivity index (χ2n) is 5.55. The van der Waals surface area contributed by atoms with Gasteiger partial charge in [-0.3, -0.25) is 0 Å². The quantitative estimate of drug-likeness (QED) is 0.806. The second kappa shape index (κ2) is 8.06. The minimum atomic E-state index is 1.18. The van der Waals surface area contributed by atoms with E-state index in [0.29, 0.717) is 0 Å². The molecule has 0 unspecified atom stereocenters. The summed E-state index contributed by atoms with van der Waals surface area (Å²) in [5.74, 6) is 0. The summed E-state index contributed by atoms with van der Waals surface area (Å²) < 4.78 is 0. The molecule has 0 aromatic rings. The first kappa shape index (κ1) is 13.3. The largest absolute Gasteiger partial charge is 0.315 e. The normalized spacial score (nSPS) is 26.1. The van der Waals surface area contributed by atoms with Crippen LogP contribution in [0, 0.1) is 0 Å². The molecule has 2 rings (SSSR count). The number of hydrogen-bond acceptors (Lipinski definition) is 3. The molecule has 0 saturated carbocycles. The maximum absolute atomic E-state index is 3.48. The molecule has 100 valence electrons. The molecule has 0 atom stereocenters. The van der Waals surface area contributed by atoms with E-state index in [4.69, 9.17) is 0 Å². The first-order valence-corrected chi connectivity index (χ1v) is 7.60. The topological polar surface area (TPSA) is 18.5 Å². The van der Waals surface area contributed by atoms with E-state index in [1.807, 2.05) is 0 Å². The standard InChI is InChI=1S/C14H29N3/c1-2-4-9-16(10-5-3-1)13-14-17-11-6-7-15-8-12-17/h15H,1-14H2. The third-order valence-corrected chi connectivity index (χ3v) is 4.11. The smallest absolute Gasteiger partial charge is 0.0110 e. The van der Waals surface area contributed by atoms with E-state index in [1.165, 1.54) is 90.9 Å². The van der Waals surface area contributed by atoms with Crippen molar-refractivity contribution in [2.75, 3.05) is 52.4 Å². The Kier molecular flexibility index (Phi) is 6.32. The first-order valence-electron chi connectivity index (χ1n) is 7.60. The van der Waals surface area contributed by atoms with Gasteiger partial charge in [-0.05, 0) is 45.4 Å². The molecule has 2 fully saturated rings. The zero-order valence-electron chi connectivity index (χ0n) is 11.3. The molecule has 0 radical (unpaired) electrons. The highest BCUT2D eigenvalue weighted by atomic mass is 15.2. The lowest BCUT2D eigenvalue weighted by Crippen LogP contribution is -2.38. The minimum Gasteiger partial charge on any atom is -0.315 e. The van der Waals surface area contributed by atoms with Crippen molar-refractivity contribution in [2.45, 2.75) is 38.5 Å². The fourth-order valence-electron chi connectivity index (χ4n) is 2.94. The van der Waals surface area contributed by atoms with Crippen LogP contribution in [0.2, 0.25) is 0 Å². The summed E-state index contributed by atoms with van der Waals surface area (Å²) in [5.41, 5.74) is 0. The molecule has 2 aliphatic rings. The average Bonchev–Trinajstić information content (AvgIpc) is 2.56. The van der Waals surface area contributed by atoms with Gasteiger partial charge in [0.1, 0.15) is 0 Å². The van der Waals surface area contributed by atoms with Gasteiger partial charge in [0.15, 0.2) is 0 Å². The van der Waals surface area contributed by atoms with Crippen LogP contribution in [0.5, 0.6) is 0 Å². The van der Waals surface area contributed by atoms with Gasteiger partial charge in [-0.15, -0.1) is 0 Å². The third kappa shape index (κ3) is 5.36. The highest BCUT2D eigenvalue weighted by Gasteiger charge is 2.12. The lowest BCUT2D eigenvalue weighted by molar-refractivity contribution is 0.198. The molecule has 0 aromatic carbocycles. The second-order valence-corrected chi connectivity index (χ2v) is 5.55. The van der Waals surface area contributed by atoms with Crippen LogP contribution in [0.1, 0.15) is 38.5 Å². The van der Waals surface area contributed by atoms with Crippen LogP contribution in [-0.2, 0) is 0 Å². The molecule has 2 saturated heterocycles. The van der Waals surface area contributed by atoms with E-state index in [0.717, 1.165) is 0 Å². The van der Waals surface area contributed by atoms with Crippen LogP contribution in [0.15, 0.2) is 0 Å². The van der Waals surface area contributed by atoms with Gasteiger partial charge in [-0.2, -0.15) is 0 Å². The number of nitrogens with one attached hydrogen (secondary N) is 1. The van der Waals surface area contributed by atoms with Crippen LogP contribution >= 0.6 is 0 Å². The fraction of sp³-hybridized carbons (Fsp3) is 1.00. The summed E-state index contributed by atoms with van der Waals surface area (Å²) in [7, 11) is 0. The van der Waals surface area contributed by atoms with Crippen molar-refractivity contribution in [3.8, 4) is 0 Å². The molecule has 3 nitrogen and oxygen atoms in total. The van der Waals surface area contributed by atoms with Crippen LogP contribution in [0.4, 0.5) is 0 Å². The van der Waals surface area contributed by atoms with Crippen LogP contribution in [0.3, 0.4) is 0 Å². The number of nitrogens with zero attached hydrogens (tertiary/aromatic N) is 2. The summed E-state index contributed by atoms with van der Waals surface area (Å²) in [6.45, 7) is 10.2. The summed E-state index contributed by atoms with van der Waals surface area (Å²) in [6.07, 6.45) is 8.52. The monoisotopic (exact) mass is 239 g/mol. The molecule has 0 aliphatic carbocycles. The van der Waals surface area contributed by atoms with Gasteiger partial charge in [0, 0.05) is 26.2 Å². The van der Waals surface area contributed by atoms with E-state index >= 15 is 0 Å². The Morgan fingerprint density at radius 3 is 1.94 bits per heavy atom. The van der Waals surface area contributed by atoms with E-state index in [-0.39, 0.29) is 0 Å². The highest BCUT2D eigenvalue weighted by Crippen LogP contribution is 2.10. The van der Waals surface area contributed by atoms with Crippen molar-refractivity contribution in [2.24, 2.45) is 0 Å². The van der Waals surface area contributed by atoms with Gasteiger partial charge in [0.25, 0.3) is 0 Å². The Hall–Kier alpha value is -0.120. The maximum Gasteiger partial charge on any atom is 0.0110 e. The van der Waals surface area contributed by atoms with Gasteiger partial charge >= 0.3 is 0 Å². The fourth-order valence-corrected chi connectivity index (χ4v) is 2.94. The van der Waals surface area contributed by atoms with Crippen molar-refractivity contribution >= 4 is 0 Å². The zero-order chi connectivity index (χ0) is 11.8. The van der Waals surface area contributed by atoms with Crippen molar-refractivity contribution in [3.63, 3.8) is 0 Å². The SMILES string of the molecule is C1CCCN(CCN2CCCNCC2)CCC1. The third-order valence-electron chi connectivity index (χ3n) is 4.11. The Bertz CT molecular complexity index is 180. The Labute approximate surface area is 107 Å². The molecule has 0 aromatic heterocycles. The molecule has 0 amide bonds. The summed E-state index contributed by atoms with van der Waals surface area (Å²) in [5, 5.41) is 3.48. The summed E-state index contributed by atoms with van der Waals surface area (Å²) in [6, 6.07) is 0. The van der Waals surface area contributed by atoms with Crippen molar-refractivity contribution in [1.82, 2.24) is 15.1 Å². The van der Waals surface area contributed by atoms with Crippen LogP contribution in [-0.4, -0.2) is 62.2 Å². The van der Waals surface area contributed by atoms with E-state index in [9.17, 15) is 0 Å². The van der Waals surface area contributed by atoms with Crippen molar-refractivity contribution < 1.29 is 0 Å². The van der Waals surface area contributed by atoms with E-state index in [2.05, 4.69) is 15.1 Å². The van der Waals surface area contributed by atoms with Crippen LogP contribution < -0.4 is 5.32 Å². The minimum absolute atomic E-state index is 1.18. The number of hydrogen-bond donors (Lipinski definition) is 1. The summed E-state index contributed by atoms with van der Waals surface area (Å²) >= 11 is 0. The Balaban J connectivity index is 1.64. The number of rotatable bonds is 3. The van der Waals surface area contributed by atoms with E-state index in [1.54, 1.807) is 0 Å². The van der Waals surface area contributed by atoms with Crippen LogP contribution in [0.25, 0.3) is 0 Å². The maximum atomic E-state index is 3.48. The van der Waals surface area contributed by atoms with Gasteiger partial charge in [0.05, 0.1) is 0 Å². The molecule has 0 spiro atoms. The zero-order valence-corrected chi connectivity index (χ0v) is 11.3. The van der Waals surface area contributed by atoms with Gasteiger partial charge in [-0.25, -0.2) is 0 Å². The van der Waals surface area contributed by atoms with Crippen molar-refractivity contribution in [3.05, 3.63) is 0 Å². The molecular formula is C14H29N3. The molecule has 3 heteroatoms. The molecule has 2 aliphatic heterocycles. The molecule has 0 bridgehead atoms. The predicted molar refractivity (Wildman–Crippen MR) is 73.5 cm³/mol. The number of likely N-dealkylation sites (tertiary alicyclic amines) is 1. The molecule has 1 N–H and O–H groups in total. The molecule has 17 heavy (non-hydrogen) atoms.